The first-order valence-electron chi connectivity index (χ1n) is 6.13. The van der Waals surface area contributed by atoms with Gasteiger partial charge < -0.3 is 15.3 Å². The van der Waals surface area contributed by atoms with Crippen LogP contribution in [0, 0.1) is 11.6 Å². The molecular formula is C16H14F2O4. The maximum absolute atomic E-state index is 12.7. The molecule has 0 aromatic heterocycles. The number of hydrogen-bond acceptors (Lipinski definition) is 4. The summed E-state index contributed by atoms with van der Waals surface area (Å²) in [5.41, 5.74) is 0.102. The molecular weight excluding hydrogens is 294 g/mol. The molecule has 2 aromatic carbocycles. The first kappa shape index (κ1) is 17.3. The van der Waals surface area contributed by atoms with E-state index in [-0.39, 0.29) is 11.1 Å². The molecule has 3 N–H and O–H groups in total. The summed E-state index contributed by atoms with van der Waals surface area (Å²) in [6, 6.07) is 7.75. The molecule has 1 atom stereocenters. The number of phenolic OH excluding ortho intramolecular Hbond substituents is 2. The van der Waals surface area contributed by atoms with Crippen molar-refractivity contribution in [1.82, 2.24) is 0 Å². The van der Waals surface area contributed by atoms with Crippen molar-refractivity contribution < 1.29 is 28.9 Å². The SMILES string of the molecule is C=CC(O)c1cccc(F)c1O.O=Cc1cccc(F)c1O. The van der Waals surface area contributed by atoms with Crippen LogP contribution in [0.15, 0.2) is 49.1 Å². The van der Waals surface area contributed by atoms with Gasteiger partial charge in [0, 0.05) is 5.56 Å². The standard InChI is InChI=1S/C9H9FO2.C7H5FO2/c1-2-8(11)6-4-3-5-7(10)9(6)12;8-6-3-1-2-5(4-9)7(6)10/h2-5,8,11-12H,1H2;1-4,10H. The number of carbonyl (C=O) groups is 1. The predicted molar refractivity (Wildman–Crippen MR) is 76.7 cm³/mol. The first-order valence-corrected chi connectivity index (χ1v) is 6.13. The summed E-state index contributed by atoms with van der Waals surface area (Å²) in [5, 5.41) is 27.1. The molecule has 6 heteroatoms. The number of carbonyl (C=O) groups excluding carboxylic acids is 1. The normalized spacial score (nSPS) is 11.0. The zero-order chi connectivity index (χ0) is 16.7. The molecule has 2 aromatic rings. The Kier molecular flexibility index (Phi) is 6.22. The number of aromatic hydroxyl groups is 2. The maximum atomic E-state index is 12.7. The number of aliphatic hydroxyl groups excluding tert-OH is 1. The summed E-state index contributed by atoms with van der Waals surface area (Å²) in [6.45, 7) is 3.32. The lowest BCUT2D eigenvalue weighted by Gasteiger charge is -2.07. The fraction of sp³-hybridized carbons (Fsp3) is 0.0625. The highest BCUT2D eigenvalue weighted by Gasteiger charge is 2.11. The fourth-order valence-corrected chi connectivity index (χ4v) is 1.52. The van der Waals surface area contributed by atoms with Gasteiger partial charge in [0.1, 0.15) is 6.10 Å². The van der Waals surface area contributed by atoms with E-state index >= 15 is 0 Å². The molecule has 0 aliphatic rings. The molecule has 0 bridgehead atoms. The monoisotopic (exact) mass is 308 g/mol. The van der Waals surface area contributed by atoms with Gasteiger partial charge in [-0.05, 0) is 18.2 Å². The van der Waals surface area contributed by atoms with Crippen molar-refractivity contribution in [3.05, 3.63) is 71.8 Å². The molecule has 2 rings (SSSR count). The van der Waals surface area contributed by atoms with E-state index < -0.39 is 29.2 Å². The lowest BCUT2D eigenvalue weighted by Crippen LogP contribution is -1.94. The van der Waals surface area contributed by atoms with E-state index in [1.54, 1.807) is 0 Å². The molecule has 0 saturated carbocycles. The van der Waals surface area contributed by atoms with Gasteiger partial charge in [-0.2, -0.15) is 0 Å². The molecule has 1 unspecified atom stereocenters. The molecule has 22 heavy (non-hydrogen) atoms. The third-order valence-electron chi connectivity index (χ3n) is 2.70. The van der Waals surface area contributed by atoms with Gasteiger partial charge in [-0.25, -0.2) is 8.78 Å². The van der Waals surface area contributed by atoms with Crippen molar-refractivity contribution in [2.75, 3.05) is 0 Å². The highest BCUT2D eigenvalue weighted by Crippen LogP contribution is 2.26. The number of benzene rings is 2. The smallest absolute Gasteiger partial charge is 0.165 e. The van der Waals surface area contributed by atoms with E-state index in [0.29, 0.717) is 6.29 Å². The van der Waals surface area contributed by atoms with Crippen LogP contribution in [0.2, 0.25) is 0 Å². The third-order valence-corrected chi connectivity index (χ3v) is 2.70. The minimum Gasteiger partial charge on any atom is -0.505 e. The summed E-state index contributed by atoms with van der Waals surface area (Å²) in [7, 11) is 0. The third kappa shape index (κ3) is 4.13. The van der Waals surface area contributed by atoms with Gasteiger partial charge in [-0.1, -0.05) is 24.3 Å². The minimum absolute atomic E-state index is 0.0278. The molecule has 0 amide bonds. The van der Waals surface area contributed by atoms with Crippen LogP contribution in [0.25, 0.3) is 0 Å². The van der Waals surface area contributed by atoms with Gasteiger partial charge in [-0.15, -0.1) is 6.58 Å². The van der Waals surface area contributed by atoms with Crippen molar-refractivity contribution >= 4 is 6.29 Å². The van der Waals surface area contributed by atoms with Crippen LogP contribution < -0.4 is 0 Å². The number of phenols is 2. The molecule has 0 heterocycles. The maximum Gasteiger partial charge on any atom is 0.165 e. The van der Waals surface area contributed by atoms with Gasteiger partial charge in [0.25, 0.3) is 0 Å². The topological polar surface area (TPSA) is 77.8 Å². The molecule has 0 aliphatic carbocycles. The predicted octanol–water partition coefficient (Wildman–Crippen LogP) is 3.09. The van der Waals surface area contributed by atoms with Gasteiger partial charge in [0.05, 0.1) is 5.56 Å². The van der Waals surface area contributed by atoms with Crippen LogP contribution >= 0.6 is 0 Å². The van der Waals surface area contributed by atoms with E-state index in [0.717, 1.165) is 12.1 Å². The fourth-order valence-electron chi connectivity index (χ4n) is 1.52. The molecule has 0 saturated heterocycles. The number of rotatable bonds is 3. The van der Waals surface area contributed by atoms with E-state index in [2.05, 4.69) is 6.58 Å². The number of para-hydroxylation sites is 2. The lowest BCUT2D eigenvalue weighted by molar-refractivity contribution is 0.112. The lowest BCUT2D eigenvalue weighted by atomic mass is 10.1. The van der Waals surface area contributed by atoms with Crippen LogP contribution in [0.3, 0.4) is 0 Å². The van der Waals surface area contributed by atoms with Crippen molar-refractivity contribution in [2.45, 2.75) is 6.10 Å². The van der Waals surface area contributed by atoms with Gasteiger partial charge >= 0.3 is 0 Å². The zero-order valence-electron chi connectivity index (χ0n) is 11.4. The number of hydrogen-bond donors (Lipinski definition) is 3. The summed E-state index contributed by atoms with van der Waals surface area (Å²) in [5.74, 6) is -2.62. The Balaban J connectivity index is 0.000000224. The minimum atomic E-state index is -1.03. The average Bonchev–Trinajstić information content (AvgIpc) is 2.52. The van der Waals surface area contributed by atoms with Crippen molar-refractivity contribution in [3.8, 4) is 11.5 Å². The number of aliphatic hydroxyl groups is 1. The van der Waals surface area contributed by atoms with Crippen LogP contribution in [-0.4, -0.2) is 21.6 Å². The Morgan fingerprint density at radius 2 is 1.55 bits per heavy atom. The van der Waals surface area contributed by atoms with Gasteiger partial charge in [0.2, 0.25) is 0 Å². The molecule has 0 spiro atoms. The van der Waals surface area contributed by atoms with Gasteiger partial charge in [-0.3, -0.25) is 4.79 Å². The van der Waals surface area contributed by atoms with Crippen LogP contribution in [0.1, 0.15) is 22.0 Å². The first-order chi connectivity index (χ1) is 10.4. The number of halogens is 2. The van der Waals surface area contributed by atoms with Crippen molar-refractivity contribution in [1.29, 1.82) is 0 Å². The summed E-state index contributed by atoms with van der Waals surface area (Å²) >= 11 is 0. The summed E-state index contributed by atoms with van der Waals surface area (Å²) in [6.07, 6.45) is 0.591. The second-order valence-corrected chi connectivity index (χ2v) is 4.15. The van der Waals surface area contributed by atoms with Crippen molar-refractivity contribution in [2.24, 2.45) is 0 Å². The second-order valence-electron chi connectivity index (χ2n) is 4.15. The Hall–Kier alpha value is -2.73. The molecule has 116 valence electrons. The quantitative estimate of drug-likeness (QED) is 0.601. The molecule has 4 nitrogen and oxygen atoms in total. The van der Waals surface area contributed by atoms with Crippen LogP contribution in [-0.2, 0) is 0 Å². The Labute approximate surface area is 125 Å². The van der Waals surface area contributed by atoms with E-state index in [9.17, 15) is 18.7 Å². The summed E-state index contributed by atoms with van der Waals surface area (Å²) in [4.78, 5) is 10.1. The Morgan fingerprint density at radius 1 is 1.00 bits per heavy atom. The Bertz CT molecular complexity index is 671. The van der Waals surface area contributed by atoms with Gasteiger partial charge in [0.15, 0.2) is 29.4 Å². The highest BCUT2D eigenvalue weighted by atomic mass is 19.1. The van der Waals surface area contributed by atoms with Crippen LogP contribution in [0.5, 0.6) is 11.5 Å². The average molecular weight is 308 g/mol. The van der Waals surface area contributed by atoms with E-state index in [1.807, 2.05) is 0 Å². The van der Waals surface area contributed by atoms with Crippen LogP contribution in [0.4, 0.5) is 8.78 Å². The van der Waals surface area contributed by atoms with Crippen molar-refractivity contribution in [3.63, 3.8) is 0 Å². The van der Waals surface area contributed by atoms with E-state index in [4.69, 9.17) is 10.2 Å². The molecule has 0 radical (unpaired) electrons. The molecule has 0 aliphatic heterocycles. The van der Waals surface area contributed by atoms with E-state index in [1.165, 1.54) is 30.3 Å². The number of aldehydes is 1. The Morgan fingerprint density at radius 3 is 2.05 bits per heavy atom. The molecule has 0 fully saturated rings. The second kappa shape index (κ2) is 7.90. The highest BCUT2D eigenvalue weighted by molar-refractivity contribution is 5.78. The zero-order valence-corrected chi connectivity index (χ0v) is 11.4. The summed E-state index contributed by atoms with van der Waals surface area (Å²) < 4.78 is 25.0. The largest absolute Gasteiger partial charge is 0.505 e.